The van der Waals surface area contributed by atoms with Gasteiger partial charge in [0.05, 0.1) is 11.5 Å². The molecule has 4 nitrogen and oxygen atoms in total. The zero-order valence-corrected chi connectivity index (χ0v) is 14.1. The molecule has 0 saturated carbocycles. The molecule has 4 heteroatoms. The Kier molecular flexibility index (Phi) is 7.09. The molecule has 0 saturated heterocycles. The maximum absolute atomic E-state index is 11.8. The summed E-state index contributed by atoms with van der Waals surface area (Å²) in [5.41, 5.74) is 1.68. The Morgan fingerprint density at radius 2 is 1.45 bits per heavy atom. The van der Waals surface area contributed by atoms with Crippen molar-refractivity contribution in [3.05, 3.63) is 35.4 Å². The summed E-state index contributed by atoms with van der Waals surface area (Å²) in [6, 6.07) is 7.35. The minimum absolute atomic E-state index is 0.0708. The van der Waals surface area contributed by atoms with E-state index in [0.717, 1.165) is 0 Å². The Hall–Kier alpha value is -1.84. The van der Waals surface area contributed by atoms with Gasteiger partial charge in [0, 0.05) is 0 Å². The van der Waals surface area contributed by atoms with Crippen LogP contribution in [0.25, 0.3) is 0 Å². The smallest absolute Gasteiger partial charge is 0.338 e. The van der Waals surface area contributed by atoms with E-state index in [1.54, 1.807) is 12.1 Å². The third kappa shape index (κ3) is 5.51. The Morgan fingerprint density at radius 1 is 0.909 bits per heavy atom. The van der Waals surface area contributed by atoms with Gasteiger partial charge in [-0.1, -0.05) is 46.8 Å². The number of carbonyl (C=O) groups excluding carboxylic acids is 2. The molecule has 0 fully saturated rings. The Balaban J connectivity index is 2.36. The molecule has 0 amide bonds. The fraction of sp³-hybridized carbons (Fsp3) is 0.556. The number of hydrogen-bond donors (Lipinski definition) is 0. The highest BCUT2D eigenvalue weighted by molar-refractivity contribution is 5.89. The highest BCUT2D eigenvalue weighted by Crippen LogP contribution is 2.15. The predicted molar refractivity (Wildman–Crippen MR) is 85.8 cm³/mol. The van der Waals surface area contributed by atoms with E-state index in [1.807, 2.05) is 32.9 Å². The summed E-state index contributed by atoms with van der Waals surface area (Å²) in [6.07, 6.45) is 0. The summed E-state index contributed by atoms with van der Waals surface area (Å²) in [5, 5.41) is 0. The number of hydrogen-bond acceptors (Lipinski definition) is 4. The molecule has 22 heavy (non-hydrogen) atoms. The van der Waals surface area contributed by atoms with E-state index in [0.29, 0.717) is 11.5 Å². The first-order valence-electron chi connectivity index (χ1n) is 7.76. The molecule has 1 aromatic rings. The molecule has 122 valence electrons. The lowest BCUT2D eigenvalue weighted by Gasteiger charge is -2.14. The quantitative estimate of drug-likeness (QED) is 0.568. The second kappa shape index (κ2) is 8.57. The van der Waals surface area contributed by atoms with E-state index in [2.05, 4.69) is 13.8 Å². The van der Waals surface area contributed by atoms with Crippen molar-refractivity contribution in [2.75, 3.05) is 13.2 Å². The van der Waals surface area contributed by atoms with E-state index in [4.69, 9.17) is 9.47 Å². The van der Waals surface area contributed by atoms with Gasteiger partial charge in [-0.25, -0.2) is 4.79 Å². The van der Waals surface area contributed by atoms with Crippen LogP contribution in [0.3, 0.4) is 0 Å². The molecule has 1 rings (SSSR count). The molecule has 0 aliphatic heterocycles. The van der Waals surface area contributed by atoms with Crippen molar-refractivity contribution in [1.29, 1.82) is 0 Å². The number of esters is 2. The van der Waals surface area contributed by atoms with Crippen molar-refractivity contribution >= 4 is 11.9 Å². The molecule has 0 bridgehead atoms. The van der Waals surface area contributed by atoms with Gasteiger partial charge in [0.2, 0.25) is 0 Å². The summed E-state index contributed by atoms with van der Waals surface area (Å²) in [5.74, 6) is -0.156. The molecule has 0 aromatic heterocycles. The number of ether oxygens (including phenoxy) is 2. The lowest BCUT2D eigenvalue weighted by atomic mass is 9.99. The summed E-state index contributed by atoms with van der Waals surface area (Å²) < 4.78 is 10.2. The van der Waals surface area contributed by atoms with Gasteiger partial charge in [0.15, 0.2) is 0 Å². The van der Waals surface area contributed by atoms with Crippen molar-refractivity contribution in [2.24, 2.45) is 11.8 Å². The van der Waals surface area contributed by atoms with Crippen molar-refractivity contribution in [3.63, 3.8) is 0 Å². The van der Waals surface area contributed by atoms with Gasteiger partial charge in [-0.3, -0.25) is 4.79 Å². The van der Waals surface area contributed by atoms with Crippen LogP contribution in [0.2, 0.25) is 0 Å². The van der Waals surface area contributed by atoms with E-state index >= 15 is 0 Å². The lowest BCUT2D eigenvalue weighted by molar-refractivity contribution is -0.150. The second-order valence-corrected chi connectivity index (χ2v) is 6.11. The van der Waals surface area contributed by atoms with E-state index < -0.39 is 5.97 Å². The molecular formula is C18H26O4. The molecule has 0 aliphatic carbocycles. The zero-order chi connectivity index (χ0) is 16.7. The van der Waals surface area contributed by atoms with Crippen molar-refractivity contribution < 1.29 is 19.1 Å². The normalized spacial score (nSPS) is 12.3. The minimum Gasteiger partial charge on any atom is -0.462 e. The fourth-order valence-corrected chi connectivity index (χ4v) is 1.77. The molecule has 1 aromatic carbocycles. The van der Waals surface area contributed by atoms with Crippen LogP contribution in [-0.4, -0.2) is 25.2 Å². The third-order valence-electron chi connectivity index (χ3n) is 3.75. The lowest BCUT2D eigenvalue weighted by Crippen LogP contribution is -2.22. The van der Waals surface area contributed by atoms with Crippen molar-refractivity contribution in [3.8, 4) is 0 Å². The predicted octanol–water partition coefficient (Wildman–Crippen LogP) is 3.80. The molecule has 1 unspecified atom stereocenters. The first-order chi connectivity index (χ1) is 10.3. The van der Waals surface area contributed by atoms with E-state index in [9.17, 15) is 9.59 Å². The van der Waals surface area contributed by atoms with Crippen LogP contribution >= 0.6 is 0 Å². The maximum atomic E-state index is 11.8. The summed E-state index contributed by atoms with van der Waals surface area (Å²) in [7, 11) is 0. The number of benzene rings is 1. The molecule has 0 spiro atoms. The molecule has 0 aliphatic rings. The van der Waals surface area contributed by atoms with Crippen LogP contribution in [0.15, 0.2) is 24.3 Å². The summed E-state index contributed by atoms with van der Waals surface area (Å²) >= 11 is 0. The molecule has 1 atom stereocenters. The van der Waals surface area contributed by atoms with Crippen LogP contribution in [0.1, 0.15) is 56.5 Å². The maximum Gasteiger partial charge on any atom is 0.338 e. The second-order valence-electron chi connectivity index (χ2n) is 6.11. The molecule has 0 radical (unpaired) electrons. The van der Waals surface area contributed by atoms with Gasteiger partial charge >= 0.3 is 11.9 Å². The Bertz CT molecular complexity index is 488. The fourth-order valence-electron chi connectivity index (χ4n) is 1.77. The van der Waals surface area contributed by atoms with Crippen molar-refractivity contribution in [1.82, 2.24) is 0 Å². The monoisotopic (exact) mass is 306 g/mol. The highest BCUT2D eigenvalue weighted by atomic mass is 16.6. The van der Waals surface area contributed by atoms with E-state index in [-0.39, 0.29) is 31.0 Å². The van der Waals surface area contributed by atoms with Gasteiger partial charge in [-0.05, 0) is 29.5 Å². The number of carbonyl (C=O) groups is 2. The number of rotatable bonds is 7. The van der Waals surface area contributed by atoms with Crippen LogP contribution < -0.4 is 0 Å². The van der Waals surface area contributed by atoms with E-state index in [1.165, 1.54) is 5.56 Å². The van der Waals surface area contributed by atoms with Crippen LogP contribution in [0.4, 0.5) is 0 Å². The first kappa shape index (κ1) is 18.2. The Morgan fingerprint density at radius 3 is 1.95 bits per heavy atom. The first-order valence-corrected chi connectivity index (χ1v) is 7.76. The largest absolute Gasteiger partial charge is 0.462 e. The standard InChI is InChI=1S/C18H26O4/c1-12(2)14(5)17(19)21-10-11-22-18(20)16-8-6-15(7-9-16)13(3)4/h6-9,12-14H,10-11H2,1-5H3. The molecule has 0 N–H and O–H groups in total. The SMILES string of the molecule is CC(C)c1ccc(C(=O)OCCOC(=O)C(C)C(C)C)cc1. The Labute approximate surface area is 132 Å². The van der Waals surface area contributed by atoms with Crippen LogP contribution in [0.5, 0.6) is 0 Å². The van der Waals surface area contributed by atoms with Gasteiger partial charge in [0.25, 0.3) is 0 Å². The van der Waals surface area contributed by atoms with Crippen LogP contribution in [-0.2, 0) is 14.3 Å². The highest BCUT2D eigenvalue weighted by Gasteiger charge is 2.18. The summed E-state index contributed by atoms with van der Waals surface area (Å²) in [6.45, 7) is 10.1. The summed E-state index contributed by atoms with van der Waals surface area (Å²) in [4.78, 5) is 23.5. The average Bonchev–Trinajstić information content (AvgIpc) is 2.50. The van der Waals surface area contributed by atoms with Gasteiger partial charge < -0.3 is 9.47 Å². The van der Waals surface area contributed by atoms with Crippen molar-refractivity contribution in [2.45, 2.75) is 40.5 Å². The van der Waals surface area contributed by atoms with Gasteiger partial charge in [-0.15, -0.1) is 0 Å². The van der Waals surface area contributed by atoms with Gasteiger partial charge in [-0.2, -0.15) is 0 Å². The van der Waals surface area contributed by atoms with Gasteiger partial charge in [0.1, 0.15) is 13.2 Å². The van der Waals surface area contributed by atoms with Crippen LogP contribution in [0, 0.1) is 11.8 Å². The topological polar surface area (TPSA) is 52.6 Å². The third-order valence-corrected chi connectivity index (χ3v) is 3.75. The minimum atomic E-state index is -0.400. The zero-order valence-electron chi connectivity index (χ0n) is 14.1. The average molecular weight is 306 g/mol. The molecule has 0 heterocycles. The molecular weight excluding hydrogens is 280 g/mol.